The van der Waals surface area contributed by atoms with Gasteiger partial charge >= 0.3 is 0 Å². The van der Waals surface area contributed by atoms with Crippen molar-refractivity contribution < 1.29 is 5.11 Å². The first kappa shape index (κ1) is 10.1. The van der Waals surface area contributed by atoms with Crippen molar-refractivity contribution in [2.45, 2.75) is 6.42 Å². The Labute approximate surface area is 86.2 Å². The number of rotatable bonds is 3. The maximum atomic E-state index is 9.29. The number of alkyl halides is 1. The van der Waals surface area contributed by atoms with Gasteiger partial charge in [-0.15, -0.1) is 0 Å². The highest BCUT2D eigenvalue weighted by atomic mass is 79.9. The zero-order valence-electron chi connectivity index (χ0n) is 7.20. The Balaban J connectivity index is 2.73. The molecular formula is C10H12BrNO. The van der Waals surface area contributed by atoms with E-state index in [1.165, 1.54) is 0 Å². The quantitative estimate of drug-likeness (QED) is 0.486. The Morgan fingerprint density at radius 2 is 2.23 bits per heavy atom. The summed E-state index contributed by atoms with van der Waals surface area (Å²) >= 11 is 3.33. The number of benzene rings is 1. The van der Waals surface area contributed by atoms with Crippen LogP contribution in [0.5, 0.6) is 5.75 Å². The highest BCUT2D eigenvalue weighted by molar-refractivity contribution is 9.09. The van der Waals surface area contributed by atoms with Crippen LogP contribution < -0.4 is 5.73 Å². The van der Waals surface area contributed by atoms with Crippen molar-refractivity contribution in [3.63, 3.8) is 0 Å². The van der Waals surface area contributed by atoms with Crippen LogP contribution in [0.3, 0.4) is 0 Å². The fourth-order valence-electron chi connectivity index (χ4n) is 0.947. The second-order valence-electron chi connectivity index (χ2n) is 2.70. The van der Waals surface area contributed by atoms with E-state index in [1.807, 2.05) is 18.2 Å². The van der Waals surface area contributed by atoms with Gasteiger partial charge in [-0.2, -0.15) is 0 Å². The molecule has 0 spiro atoms. The SMILES string of the molecule is Nc1ccc(C=CCCBr)cc1O. The number of hydrogen-bond acceptors (Lipinski definition) is 2. The zero-order chi connectivity index (χ0) is 9.68. The Bertz CT molecular complexity index is 310. The first-order valence-corrected chi connectivity index (χ1v) is 5.17. The first-order valence-electron chi connectivity index (χ1n) is 4.05. The van der Waals surface area contributed by atoms with Crippen LogP contribution in [0.4, 0.5) is 5.69 Å². The molecule has 1 aromatic carbocycles. The topological polar surface area (TPSA) is 46.2 Å². The van der Waals surface area contributed by atoms with Crippen LogP contribution in [0.1, 0.15) is 12.0 Å². The summed E-state index contributed by atoms with van der Waals surface area (Å²) in [5.41, 5.74) is 6.84. The fraction of sp³-hybridized carbons (Fsp3) is 0.200. The van der Waals surface area contributed by atoms with Crippen LogP contribution in [0.15, 0.2) is 24.3 Å². The third kappa shape index (κ3) is 3.11. The van der Waals surface area contributed by atoms with E-state index in [0.717, 1.165) is 17.3 Å². The lowest BCUT2D eigenvalue weighted by Crippen LogP contribution is -1.85. The van der Waals surface area contributed by atoms with Crippen molar-refractivity contribution in [2.24, 2.45) is 0 Å². The second kappa shape index (κ2) is 4.92. The molecule has 0 aliphatic rings. The van der Waals surface area contributed by atoms with Crippen molar-refractivity contribution in [1.82, 2.24) is 0 Å². The van der Waals surface area contributed by atoms with Gasteiger partial charge in [0.1, 0.15) is 5.75 Å². The van der Waals surface area contributed by atoms with Crippen molar-refractivity contribution in [2.75, 3.05) is 11.1 Å². The standard InChI is InChI=1S/C10H12BrNO/c11-6-2-1-3-8-4-5-9(12)10(13)7-8/h1,3-5,7,13H,2,6,12H2. The molecule has 0 unspecified atom stereocenters. The third-order valence-electron chi connectivity index (χ3n) is 1.64. The maximum absolute atomic E-state index is 9.29. The van der Waals surface area contributed by atoms with Gasteiger partial charge in [-0.1, -0.05) is 34.1 Å². The molecule has 13 heavy (non-hydrogen) atoms. The number of halogens is 1. The first-order chi connectivity index (χ1) is 6.24. The van der Waals surface area contributed by atoms with Crippen LogP contribution in [0, 0.1) is 0 Å². The lowest BCUT2D eigenvalue weighted by atomic mass is 10.1. The predicted octanol–water partition coefficient (Wildman–Crippen LogP) is 2.77. The Morgan fingerprint density at radius 1 is 1.46 bits per heavy atom. The summed E-state index contributed by atoms with van der Waals surface area (Å²) in [5.74, 6) is 0.140. The predicted molar refractivity (Wildman–Crippen MR) is 60.0 cm³/mol. The van der Waals surface area contributed by atoms with E-state index < -0.39 is 0 Å². The molecule has 70 valence electrons. The number of hydrogen-bond donors (Lipinski definition) is 2. The number of aromatic hydroxyl groups is 1. The van der Waals surface area contributed by atoms with E-state index in [1.54, 1.807) is 12.1 Å². The van der Waals surface area contributed by atoms with Crippen molar-refractivity contribution in [3.8, 4) is 5.75 Å². The van der Waals surface area contributed by atoms with Crippen LogP contribution >= 0.6 is 15.9 Å². The van der Waals surface area contributed by atoms with Crippen LogP contribution in [-0.2, 0) is 0 Å². The lowest BCUT2D eigenvalue weighted by Gasteiger charge is -1.98. The Kier molecular flexibility index (Phi) is 3.83. The summed E-state index contributed by atoms with van der Waals surface area (Å²) in [6.07, 6.45) is 4.98. The smallest absolute Gasteiger partial charge is 0.139 e. The average Bonchev–Trinajstić information content (AvgIpc) is 2.12. The van der Waals surface area contributed by atoms with E-state index in [-0.39, 0.29) is 5.75 Å². The van der Waals surface area contributed by atoms with Gasteiger partial charge in [0.15, 0.2) is 0 Å². The van der Waals surface area contributed by atoms with Crippen molar-refractivity contribution in [1.29, 1.82) is 0 Å². The summed E-state index contributed by atoms with van der Waals surface area (Å²) < 4.78 is 0. The summed E-state index contributed by atoms with van der Waals surface area (Å²) in [6.45, 7) is 0. The average molecular weight is 242 g/mol. The van der Waals surface area contributed by atoms with Gasteiger partial charge in [0.05, 0.1) is 5.69 Å². The highest BCUT2D eigenvalue weighted by Gasteiger charge is 1.95. The minimum atomic E-state index is 0.140. The van der Waals surface area contributed by atoms with Gasteiger partial charge < -0.3 is 10.8 Å². The highest BCUT2D eigenvalue weighted by Crippen LogP contribution is 2.21. The number of phenolic OH excluding ortho intramolecular Hbond substituents is 1. The van der Waals surface area contributed by atoms with Gasteiger partial charge in [0.2, 0.25) is 0 Å². The van der Waals surface area contributed by atoms with Crippen LogP contribution in [0.25, 0.3) is 6.08 Å². The molecule has 3 N–H and O–H groups in total. The Hall–Kier alpha value is -0.960. The summed E-state index contributed by atoms with van der Waals surface area (Å²) in [7, 11) is 0. The number of allylic oxidation sites excluding steroid dienone is 1. The van der Waals surface area contributed by atoms with E-state index in [9.17, 15) is 5.11 Å². The van der Waals surface area contributed by atoms with Crippen LogP contribution in [0.2, 0.25) is 0 Å². The molecule has 0 bridgehead atoms. The molecule has 0 atom stereocenters. The summed E-state index contributed by atoms with van der Waals surface area (Å²) in [5, 5.41) is 10.2. The lowest BCUT2D eigenvalue weighted by molar-refractivity contribution is 0.478. The zero-order valence-corrected chi connectivity index (χ0v) is 8.79. The van der Waals surface area contributed by atoms with Gasteiger partial charge in [0.25, 0.3) is 0 Å². The molecule has 0 saturated heterocycles. The Morgan fingerprint density at radius 3 is 2.85 bits per heavy atom. The van der Waals surface area contributed by atoms with Gasteiger partial charge in [-0.25, -0.2) is 0 Å². The normalized spacial score (nSPS) is 10.8. The van der Waals surface area contributed by atoms with E-state index in [4.69, 9.17) is 5.73 Å². The molecule has 0 aliphatic heterocycles. The van der Waals surface area contributed by atoms with E-state index in [0.29, 0.717) is 5.69 Å². The monoisotopic (exact) mass is 241 g/mol. The number of nitrogens with two attached hydrogens (primary N) is 1. The third-order valence-corrected chi connectivity index (χ3v) is 2.10. The van der Waals surface area contributed by atoms with Gasteiger partial charge in [-0.3, -0.25) is 0 Å². The van der Waals surface area contributed by atoms with Gasteiger partial charge in [0, 0.05) is 5.33 Å². The molecule has 1 rings (SSSR count). The molecular weight excluding hydrogens is 230 g/mol. The number of anilines is 1. The van der Waals surface area contributed by atoms with Crippen molar-refractivity contribution >= 4 is 27.7 Å². The fourth-order valence-corrected chi connectivity index (χ4v) is 1.21. The molecule has 0 fully saturated rings. The molecule has 0 aromatic heterocycles. The minimum absolute atomic E-state index is 0.140. The molecule has 0 aliphatic carbocycles. The summed E-state index contributed by atoms with van der Waals surface area (Å²) in [6, 6.07) is 5.23. The molecule has 0 radical (unpaired) electrons. The second-order valence-corrected chi connectivity index (χ2v) is 3.49. The molecule has 0 saturated carbocycles. The van der Waals surface area contributed by atoms with E-state index in [2.05, 4.69) is 15.9 Å². The molecule has 0 amide bonds. The van der Waals surface area contributed by atoms with Gasteiger partial charge in [-0.05, 0) is 24.1 Å². The number of phenols is 1. The van der Waals surface area contributed by atoms with Crippen LogP contribution in [-0.4, -0.2) is 10.4 Å². The van der Waals surface area contributed by atoms with Crippen molar-refractivity contribution in [3.05, 3.63) is 29.8 Å². The minimum Gasteiger partial charge on any atom is -0.506 e. The maximum Gasteiger partial charge on any atom is 0.139 e. The number of nitrogen functional groups attached to an aromatic ring is 1. The molecule has 3 heteroatoms. The molecule has 0 heterocycles. The van der Waals surface area contributed by atoms with E-state index >= 15 is 0 Å². The molecule has 1 aromatic rings. The summed E-state index contributed by atoms with van der Waals surface area (Å²) in [4.78, 5) is 0. The molecule has 2 nitrogen and oxygen atoms in total. The largest absolute Gasteiger partial charge is 0.506 e.